The van der Waals surface area contributed by atoms with Crippen LogP contribution in [0.1, 0.15) is 45.4 Å². The summed E-state index contributed by atoms with van der Waals surface area (Å²) in [4.78, 5) is 0. The molecule has 1 nitrogen and oxygen atoms in total. The standard InChI is InChI=1S/C12H23ClO/c1-10(7-8-14-2)11-5-3-4-6-12(13)9-11/h10-12H,3-9H2,1-2H3. The lowest BCUT2D eigenvalue weighted by Gasteiger charge is -2.23. The van der Waals surface area contributed by atoms with E-state index in [4.69, 9.17) is 16.3 Å². The predicted octanol–water partition coefficient (Wildman–Crippen LogP) is 3.85. The van der Waals surface area contributed by atoms with E-state index in [1.54, 1.807) is 7.11 Å². The van der Waals surface area contributed by atoms with Crippen molar-refractivity contribution in [1.82, 2.24) is 0 Å². The summed E-state index contributed by atoms with van der Waals surface area (Å²) < 4.78 is 5.13. The molecule has 14 heavy (non-hydrogen) atoms. The van der Waals surface area contributed by atoms with Gasteiger partial charge in [0.15, 0.2) is 0 Å². The minimum Gasteiger partial charge on any atom is -0.385 e. The number of alkyl halides is 1. The van der Waals surface area contributed by atoms with Crippen LogP contribution in [0.4, 0.5) is 0 Å². The summed E-state index contributed by atoms with van der Waals surface area (Å²) in [5, 5.41) is 0.424. The average molecular weight is 219 g/mol. The molecule has 0 saturated heterocycles. The zero-order chi connectivity index (χ0) is 10.4. The summed E-state index contributed by atoms with van der Waals surface area (Å²) in [6.45, 7) is 3.24. The van der Waals surface area contributed by atoms with Crippen LogP contribution in [-0.4, -0.2) is 19.1 Å². The smallest absolute Gasteiger partial charge is 0.0464 e. The topological polar surface area (TPSA) is 9.23 Å². The summed E-state index contributed by atoms with van der Waals surface area (Å²) >= 11 is 6.26. The third-order valence-corrected chi connectivity index (χ3v) is 3.88. The Hall–Kier alpha value is 0.250. The highest BCUT2D eigenvalue weighted by Crippen LogP contribution is 2.32. The molecule has 0 amide bonds. The molecule has 0 aliphatic heterocycles. The first-order valence-corrected chi connectivity index (χ1v) is 6.30. The van der Waals surface area contributed by atoms with E-state index in [0.29, 0.717) is 5.38 Å². The van der Waals surface area contributed by atoms with Gasteiger partial charge in [-0.2, -0.15) is 0 Å². The minimum absolute atomic E-state index is 0.424. The van der Waals surface area contributed by atoms with Crippen molar-refractivity contribution < 1.29 is 4.74 Å². The average Bonchev–Trinajstić information content (AvgIpc) is 2.39. The summed E-state index contributed by atoms with van der Waals surface area (Å²) in [6, 6.07) is 0. The molecule has 84 valence electrons. The lowest BCUT2D eigenvalue weighted by atomic mass is 9.85. The van der Waals surface area contributed by atoms with Gasteiger partial charge in [0.1, 0.15) is 0 Å². The van der Waals surface area contributed by atoms with E-state index in [9.17, 15) is 0 Å². The Morgan fingerprint density at radius 2 is 2.07 bits per heavy atom. The van der Waals surface area contributed by atoms with Gasteiger partial charge in [-0.25, -0.2) is 0 Å². The Morgan fingerprint density at radius 1 is 1.36 bits per heavy atom. The van der Waals surface area contributed by atoms with Crippen molar-refractivity contribution in [3.05, 3.63) is 0 Å². The first-order valence-electron chi connectivity index (χ1n) is 5.87. The van der Waals surface area contributed by atoms with E-state index < -0.39 is 0 Å². The van der Waals surface area contributed by atoms with Crippen molar-refractivity contribution in [3.8, 4) is 0 Å². The maximum absolute atomic E-state index is 6.26. The molecular weight excluding hydrogens is 196 g/mol. The first kappa shape index (κ1) is 12.3. The SMILES string of the molecule is COCCC(C)C1CCCCC(Cl)C1. The van der Waals surface area contributed by atoms with E-state index in [1.807, 2.05) is 0 Å². The highest BCUT2D eigenvalue weighted by Gasteiger charge is 2.22. The van der Waals surface area contributed by atoms with Crippen LogP contribution < -0.4 is 0 Å². The number of ether oxygens (including phenoxy) is 1. The Kier molecular flexibility index (Phi) is 5.88. The van der Waals surface area contributed by atoms with Gasteiger partial charge in [-0.05, 0) is 31.1 Å². The summed E-state index contributed by atoms with van der Waals surface area (Å²) in [6.07, 6.45) is 7.67. The Balaban J connectivity index is 2.32. The van der Waals surface area contributed by atoms with Crippen molar-refractivity contribution in [2.75, 3.05) is 13.7 Å². The predicted molar refractivity (Wildman–Crippen MR) is 61.9 cm³/mol. The summed E-state index contributed by atoms with van der Waals surface area (Å²) in [5.74, 6) is 1.60. The normalized spacial score (nSPS) is 31.1. The number of hydrogen-bond donors (Lipinski definition) is 0. The molecule has 1 aliphatic rings. The van der Waals surface area contributed by atoms with Gasteiger partial charge in [0.05, 0.1) is 0 Å². The molecule has 3 atom stereocenters. The van der Waals surface area contributed by atoms with E-state index >= 15 is 0 Å². The second-order valence-electron chi connectivity index (χ2n) is 4.64. The maximum atomic E-state index is 6.26. The molecule has 3 unspecified atom stereocenters. The van der Waals surface area contributed by atoms with Crippen LogP contribution in [-0.2, 0) is 4.74 Å². The summed E-state index contributed by atoms with van der Waals surface area (Å²) in [5.41, 5.74) is 0. The van der Waals surface area contributed by atoms with Gasteiger partial charge in [0.25, 0.3) is 0 Å². The van der Waals surface area contributed by atoms with Crippen molar-refractivity contribution in [2.24, 2.45) is 11.8 Å². The van der Waals surface area contributed by atoms with Crippen molar-refractivity contribution >= 4 is 11.6 Å². The zero-order valence-corrected chi connectivity index (χ0v) is 10.2. The van der Waals surface area contributed by atoms with E-state index in [2.05, 4.69) is 6.92 Å². The number of hydrogen-bond acceptors (Lipinski definition) is 1. The van der Waals surface area contributed by atoms with E-state index in [1.165, 1.54) is 38.5 Å². The Bertz CT molecular complexity index is 149. The molecule has 0 aromatic heterocycles. The fraction of sp³-hybridized carbons (Fsp3) is 1.00. The molecule has 0 spiro atoms. The van der Waals surface area contributed by atoms with Crippen LogP contribution in [0.15, 0.2) is 0 Å². The quantitative estimate of drug-likeness (QED) is 0.515. The van der Waals surface area contributed by atoms with Crippen LogP contribution >= 0.6 is 11.6 Å². The van der Waals surface area contributed by atoms with Crippen molar-refractivity contribution in [2.45, 2.75) is 50.8 Å². The maximum Gasteiger partial charge on any atom is 0.0464 e. The largest absolute Gasteiger partial charge is 0.385 e. The van der Waals surface area contributed by atoms with Crippen molar-refractivity contribution in [3.63, 3.8) is 0 Å². The molecule has 1 saturated carbocycles. The number of methoxy groups -OCH3 is 1. The fourth-order valence-electron chi connectivity index (χ4n) is 2.39. The number of rotatable bonds is 4. The summed E-state index contributed by atoms with van der Waals surface area (Å²) in [7, 11) is 1.78. The molecule has 1 fully saturated rings. The number of halogens is 1. The molecule has 1 aliphatic carbocycles. The van der Waals surface area contributed by atoms with Gasteiger partial charge in [0.2, 0.25) is 0 Å². The molecule has 0 radical (unpaired) electrons. The second-order valence-corrected chi connectivity index (χ2v) is 5.25. The fourth-order valence-corrected chi connectivity index (χ4v) is 2.78. The third-order valence-electron chi connectivity index (χ3n) is 3.48. The highest BCUT2D eigenvalue weighted by atomic mass is 35.5. The first-order chi connectivity index (χ1) is 6.74. The van der Waals surface area contributed by atoms with Crippen LogP contribution in [0.2, 0.25) is 0 Å². The molecule has 0 aromatic rings. The third kappa shape index (κ3) is 4.18. The van der Waals surface area contributed by atoms with Gasteiger partial charge in [-0.15, -0.1) is 11.6 Å². The van der Waals surface area contributed by atoms with Crippen LogP contribution in [0.5, 0.6) is 0 Å². The lowest BCUT2D eigenvalue weighted by molar-refractivity contribution is 0.161. The van der Waals surface area contributed by atoms with Gasteiger partial charge in [0, 0.05) is 19.1 Å². The molecular formula is C12H23ClO. The Morgan fingerprint density at radius 3 is 2.79 bits per heavy atom. The van der Waals surface area contributed by atoms with Gasteiger partial charge in [-0.3, -0.25) is 0 Å². The van der Waals surface area contributed by atoms with Crippen LogP contribution in [0.3, 0.4) is 0 Å². The molecule has 0 aromatic carbocycles. The van der Waals surface area contributed by atoms with Gasteiger partial charge >= 0.3 is 0 Å². The Labute approximate surface area is 93.2 Å². The second kappa shape index (κ2) is 6.68. The molecule has 0 heterocycles. The molecule has 2 heteroatoms. The van der Waals surface area contributed by atoms with Crippen LogP contribution in [0, 0.1) is 11.8 Å². The van der Waals surface area contributed by atoms with Crippen LogP contribution in [0.25, 0.3) is 0 Å². The van der Waals surface area contributed by atoms with Gasteiger partial charge in [-0.1, -0.05) is 26.2 Å². The molecule has 0 N–H and O–H groups in total. The van der Waals surface area contributed by atoms with Gasteiger partial charge < -0.3 is 4.74 Å². The zero-order valence-electron chi connectivity index (χ0n) is 9.47. The van der Waals surface area contributed by atoms with E-state index in [-0.39, 0.29) is 0 Å². The monoisotopic (exact) mass is 218 g/mol. The van der Waals surface area contributed by atoms with E-state index in [0.717, 1.165) is 18.4 Å². The highest BCUT2D eigenvalue weighted by molar-refractivity contribution is 6.20. The van der Waals surface area contributed by atoms with Crippen molar-refractivity contribution in [1.29, 1.82) is 0 Å². The lowest BCUT2D eigenvalue weighted by Crippen LogP contribution is -2.16. The minimum atomic E-state index is 0.424. The molecule has 1 rings (SSSR count). The molecule has 0 bridgehead atoms.